The van der Waals surface area contributed by atoms with Gasteiger partial charge in [0.05, 0.1) is 12.8 Å². The lowest BCUT2D eigenvalue weighted by Gasteiger charge is -1.91. The third-order valence-corrected chi connectivity index (χ3v) is 1.71. The summed E-state index contributed by atoms with van der Waals surface area (Å²) in [5.41, 5.74) is 0.992. The first kappa shape index (κ1) is 14.2. The number of nitro groups is 1. The topological polar surface area (TPSA) is 43.1 Å². The number of nitro benzene ring substituents is 1. The van der Waals surface area contributed by atoms with E-state index in [4.69, 9.17) is 7.85 Å². The molecule has 0 fully saturated rings. The second kappa shape index (κ2) is 8.47. The van der Waals surface area contributed by atoms with Crippen molar-refractivity contribution in [2.75, 3.05) is 0 Å². The Bertz CT molecular complexity index is 347. The van der Waals surface area contributed by atoms with Gasteiger partial charge in [-0.3, -0.25) is 10.1 Å². The fraction of sp³-hybridized carbons (Fsp3) is 0.167. The molecule has 0 N–H and O–H groups in total. The zero-order chi connectivity index (χ0) is 12.4. The first-order valence-electron chi connectivity index (χ1n) is 4.83. The molecule has 0 unspecified atom stereocenters. The first-order chi connectivity index (χ1) is 7.65. The van der Waals surface area contributed by atoms with Crippen LogP contribution in [0.25, 0.3) is 6.08 Å². The third-order valence-electron chi connectivity index (χ3n) is 1.71. The predicted molar refractivity (Wildman–Crippen MR) is 68.6 cm³/mol. The molecule has 82 valence electrons. The summed E-state index contributed by atoms with van der Waals surface area (Å²) in [6, 6.07) is 6.23. The minimum Gasteiger partial charge on any atom is -0.258 e. The van der Waals surface area contributed by atoms with E-state index < -0.39 is 4.92 Å². The van der Waals surface area contributed by atoms with E-state index in [9.17, 15) is 10.1 Å². The summed E-state index contributed by atoms with van der Waals surface area (Å²) in [7, 11) is 5.07. The standard InChI is InChI=1S/C8H7NO2.C4H7B/c1-2-7-3-5-8(6-4-7)9(10)11;1-2-3-4-5/h2-6H,1H2;2H,1,3-4H2. The Kier molecular flexibility index (Phi) is 7.50. The van der Waals surface area contributed by atoms with Gasteiger partial charge in [0, 0.05) is 12.1 Å². The maximum Gasteiger partial charge on any atom is 0.269 e. The van der Waals surface area contributed by atoms with E-state index in [-0.39, 0.29) is 5.69 Å². The summed E-state index contributed by atoms with van der Waals surface area (Å²) in [4.78, 5) is 9.76. The van der Waals surface area contributed by atoms with Gasteiger partial charge in [0.15, 0.2) is 0 Å². The molecule has 4 heteroatoms. The van der Waals surface area contributed by atoms with E-state index in [2.05, 4.69) is 13.2 Å². The normalized spacial score (nSPS) is 8.50. The monoisotopic (exact) mass is 215 g/mol. The fourth-order valence-corrected chi connectivity index (χ4v) is 0.850. The Morgan fingerprint density at radius 1 is 1.31 bits per heavy atom. The molecule has 0 saturated heterocycles. The summed E-state index contributed by atoms with van der Waals surface area (Å²) < 4.78 is 0. The average molecular weight is 215 g/mol. The highest BCUT2D eigenvalue weighted by atomic mass is 16.6. The highest BCUT2D eigenvalue weighted by molar-refractivity contribution is 6.08. The molecule has 0 bridgehead atoms. The zero-order valence-corrected chi connectivity index (χ0v) is 9.13. The minimum absolute atomic E-state index is 0.107. The number of hydrogen-bond donors (Lipinski definition) is 0. The Hall–Kier alpha value is -1.84. The molecule has 16 heavy (non-hydrogen) atoms. The molecule has 0 aliphatic rings. The Balaban J connectivity index is 0.000000385. The van der Waals surface area contributed by atoms with Crippen LogP contribution in [0.4, 0.5) is 5.69 Å². The molecule has 1 aromatic carbocycles. The molecule has 0 spiro atoms. The van der Waals surface area contributed by atoms with E-state index in [0.29, 0.717) is 0 Å². The molecular formula is C12H14BNO2. The van der Waals surface area contributed by atoms with Crippen LogP contribution in [-0.2, 0) is 0 Å². The van der Waals surface area contributed by atoms with Crippen LogP contribution in [0.5, 0.6) is 0 Å². The van der Waals surface area contributed by atoms with Crippen LogP contribution in [0.1, 0.15) is 12.0 Å². The number of benzene rings is 1. The SMILES string of the molecule is C=Cc1ccc([N+](=O)[O-])cc1.[B]CCC=C. The van der Waals surface area contributed by atoms with E-state index in [1.54, 1.807) is 24.3 Å². The van der Waals surface area contributed by atoms with Crippen LogP contribution in [0, 0.1) is 10.1 Å². The van der Waals surface area contributed by atoms with Gasteiger partial charge in [-0.25, -0.2) is 0 Å². The molecule has 0 aliphatic carbocycles. The summed E-state index contributed by atoms with van der Waals surface area (Å²) >= 11 is 0. The average Bonchev–Trinajstić information content (AvgIpc) is 2.31. The van der Waals surface area contributed by atoms with Gasteiger partial charge < -0.3 is 0 Å². The largest absolute Gasteiger partial charge is 0.269 e. The van der Waals surface area contributed by atoms with Crippen LogP contribution >= 0.6 is 0 Å². The molecule has 3 nitrogen and oxygen atoms in total. The van der Waals surface area contributed by atoms with E-state index in [0.717, 1.165) is 18.3 Å². The fourth-order valence-electron chi connectivity index (χ4n) is 0.850. The summed E-state index contributed by atoms with van der Waals surface area (Å²) in [6.45, 7) is 7.01. The Morgan fingerprint density at radius 3 is 2.12 bits per heavy atom. The lowest BCUT2D eigenvalue weighted by atomic mass is 10.0. The number of nitrogens with zero attached hydrogens (tertiary/aromatic N) is 1. The van der Waals surface area contributed by atoms with Crippen LogP contribution in [0.3, 0.4) is 0 Å². The van der Waals surface area contributed by atoms with Gasteiger partial charge in [-0.2, -0.15) is 0 Å². The van der Waals surface area contributed by atoms with E-state index >= 15 is 0 Å². The van der Waals surface area contributed by atoms with Crippen molar-refractivity contribution in [3.8, 4) is 0 Å². The van der Waals surface area contributed by atoms with Crippen molar-refractivity contribution in [1.82, 2.24) is 0 Å². The van der Waals surface area contributed by atoms with Crippen molar-refractivity contribution in [3.63, 3.8) is 0 Å². The van der Waals surface area contributed by atoms with Gasteiger partial charge in [0.25, 0.3) is 5.69 Å². The van der Waals surface area contributed by atoms with Crippen molar-refractivity contribution in [2.24, 2.45) is 0 Å². The molecule has 1 aromatic rings. The van der Waals surface area contributed by atoms with Gasteiger partial charge in [-0.1, -0.05) is 25.1 Å². The number of rotatable bonds is 4. The van der Waals surface area contributed by atoms with Crippen molar-refractivity contribution < 1.29 is 4.92 Å². The lowest BCUT2D eigenvalue weighted by Crippen LogP contribution is -1.86. The summed E-state index contributed by atoms with van der Waals surface area (Å²) in [5, 5.41) is 10.2. The molecule has 0 aliphatic heterocycles. The Morgan fingerprint density at radius 2 is 1.88 bits per heavy atom. The van der Waals surface area contributed by atoms with Gasteiger partial charge in [0.2, 0.25) is 0 Å². The maximum atomic E-state index is 10.2. The Labute approximate surface area is 97.1 Å². The highest BCUT2D eigenvalue weighted by Gasteiger charge is 2.01. The van der Waals surface area contributed by atoms with Crippen molar-refractivity contribution in [1.29, 1.82) is 0 Å². The van der Waals surface area contributed by atoms with Crippen LogP contribution in [0.2, 0.25) is 6.32 Å². The number of allylic oxidation sites excluding steroid dienone is 1. The summed E-state index contributed by atoms with van der Waals surface area (Å²) in [5.74, 6) is 0. The number of hydrogen-bond acceptors (Lipinski definition) is 2. The maximum absolute atomic E-state index is 10.2. The van der Waals surface area contributed by atoms with Crippen molar-refractivity contribution in [3.05, 3.63) is 59.2 Å². The highest BCUT2D eigenvalue weighted by Crippen LogP contribution is 2.11. The molecule has 0 saturated carbocycles. The van der Waals surface area contributed by atoms with Crippen LogP contribution in [0.15, 0.2) is 43.5 Å². The predicted octanol–water partition coefficient (Wildman–Crippen LogP) is 3.39. The van der Waals surface area contributed by atoms with Gasteiger partial charge in [-0.05, 0) is 24.1 Å². The van der Waals surface area contributed by atoms with E-state index in [1.807, 2.05) is 0 Å². The van der Waals surface area contributed by atoms with Crippen LogP contribution < -0.4 is 0 Å². The van der Waals surface area contributed by atoms with Gasteiger partial charge in [0.1, 0.15) is 0 Å². The van der Waals surface area contributed by atoms with Gasteiger partial charge >= 0.3 is 0 Å². The molecule has 0 atom stereocenters. The van der Waals surface area contributed by atoms with Crippen LogP contribution in [-0.4, -0.2) is 12.8 Å². The molecule has 1 rings (SSSR count). The van der Waals surface area contributed by atoms with Gasteiger partial charge in [-0.15, -0.1) is 6.58 Å². The van der Waals surface area contributed by atoms with E-state index in [1.165, 1.54) is 12.1 Å². The third kappa shape index (κ3) is 5.80. The molecule has 0 amide bonds. The van der Waals surface area contributed by atoms with Crippen molar-refractivity contribution >= 4 is 19.6 Å². The minimum atomic E-state index is -0.424. The molecule has 0 heterocycles. The smallest absolute Gasteiger partial charge is 0.258 e. The molecule has 0 aromatic heterocycles. The quantitative estimate of drug-likeness (QED) is 0.334. The van der Waals surface area contributed by atoms with Crippen molar-refractivity contribution in [2.45, 2.75) is 12.7 Å². The summed E-state index contributed by atoms with van der Waals surface area (Å²) in [6.07, 6.45) is 5.10. The molecular weight excluding hydrogens is 201 g/mol. The number of non-ortho nitro benzene ring substituents is 1. The first-order valence-corrected chi connectivity index (χ1v) is 4.83. The lowest BCUT2D eigenvalue weighted by molar-refractivity contribution is -0.384. The second-order valence-electron chi connectivity index (χ2n) is 2.92. The zero-order valence-electron chi connectivity index (χ0n) is 9.13. The second-order valence-corrected chi connectivity index (χ2v) is 2.92. The molecule has 2 radical (unpaired) electrons.